The number of Topliss-reactive ketones (excluding diaryl/α,β-unsaturated/α-hetero) is 1. The molecule has 1 fully saturated rings. The predicted octanol–water partition coefficient (Wildman–Crippen LogP) is 2.24. The van der Waals surface area contributed by atoms with Crippen molar-refractivity contribution in [1.82, 2.24) is 0 Å². The average molecular weight is 450 g/mol. The average Bonchev–Trinajstić information content (AvgIpc) is 3.47. The zero-order chi connectivity index (χ0) is 23.0. The van der Waals surface area contributed by atoms with Crippen molar-refractivity contribution in [1.29, 1.82) is 0 Å². The van der Waals surface area contributed by atoms with Crippen molar-refractivity contribution >= 4 is 22.0 Å². The number of rotatable bonds is 4. The van der Waals surface area contributed by atoms with Crippen LogP contribution in [-0.4, -0.2) is 48.7 Å². The normalized spacial score (nSPS) is 31.5. The second-order valence-electron chi connectivity index (χ2n) is 9.03. The van der Waals surface area contributed by atoms with E-state index in [0.717, 1.165) is 29.8 Å². The summed E-state index contributed by atoms with van der Waals surface area (Å²) >= 11 is 0. The number of hydrogen-bond acceptors (Lipinski definition) is 7. The molecule has 3 aliphatic rings. The van der Waals surface area contributed by atoms with Gasteiger partial charge < -0.3 is 14.9 Å². The minimum atomic E-state index is -4.87. The summed E-state index contributed by atoms with van der Waals surface area (Å²) in [6.45, 7) is 4.72. The largest absolute Gasteiger partial charge is 0.461 e. The monoisotopic (exact) mass is 450 g/mol. The van der Waals surface area contributed by atoms with Crippen LogP contribution >= 0.6 is 0 Å². The van der Waals surface area contributed by atoms with Crippen molar-refractivity contribution in [2.45, 2.75) is 50.2 Å². The molecule has 31 heavy (non-hydrogen) atoms. The molecule has 0 saturated heterocycles. The van der Waals surface area contributed by atoms with Crippen molar-refractivity contribution in [2.75, 3.05) is 6.61 Å². The summed E-state index contributed by atoms with van der Waals surface area (Å²) in [7, 11) is -4.87. The molecule has 0 aromatic heterocycles. The van der Waals surface area contributed by atoms with Gasteiger partial charge in [0.25, 0.3) is 0 Å². The summed E-state index contributed by atoms with van der Waals surface area (Å²) < 4.78 is 40.1. The molecule has 1 aromatic carbocycles. The molecule has 0 unspecified atom stereocenters. The Morgan fingerprint density at radius 1 is 1.23 bits per heavy atom. The van der Waals surface area contributed by atoms with Crippen molar-refractivity contribution in [2.24, 2.45) is 10.8 Å². The molecule has 0 bridgehead atoms. The molecule has 1 aromatic rings. The highest BCUT2D eigenvalue weighted by molar-refractivity contribution is 7.86. The number of aliphatic hydroxyl groups excluding tert-OH is 1. The first-order valence-corrected chi connectivity index (χ1v) is 11.2. The highest BCUT2D eigenvalue weighted by Crippen LogP contribution is 2.65. The topological polar surface area (TPSA) is 118 Å². The van der Waals surface area contributed by atoms with E-state index >= 15 is 0 Å². The van der Waals surface area contributed by atoms with Crippen molar-refractivity contribution < 1.29 is 36.8 Å². The SMILES string of the molecule is CC1=C2C(=C[C@@](C)(COC(=O)c3ccc(S(=O)(=O)F)cc3)[C@@H]2O)C(=O)[C@](C)(O)C12CC2. The fraction of sp³-hybridized carbons (Fsp3) is 0.455. The maximum Gasteiger partial charge on any atom is 0.338 e. The molecule has 0 heterocycles. The highest BCUT2D eigenvalue weighted by atomic mass is 32.3. The summed E-state index contributed by atoms with van der Waals surface area (Å²) in [5, 5.41) is 21.9. The van der Waals surface area contributed by atoms with Gasteiger partial charge >= 0.3 is 16.2 Å². The molecule has 0 aliphatic heterocycles. The predicted molar refractivity (Wildman–Crippen MR) is 107 cm³/mol. The van der Waals surface area contributed by atoms with E-state index in [4.69, 9.17) is 4.74 Å². The summed E-state index contributed by atoms with van der Waals surface area (Å²) in [6, 6.07) is 4.17. The third-order valence-corrected chi connectivity index (χ3v) is 7.87. The molecular formula is C22H23FO7S. The number of fused-ring (bicyclic) bond motifs is 1. The Morgan fingerprint density at radius 2 is 1.81 bits per heavy atom. The van der Waals surface area contributed by atoms with E-state index in [1.165, 1.54) is 6.92 Å². The van der Waals surface area contributed by atoms with Gasteiger partial charge in [-0.1, -0.05) is 11.6 Å². The Hall–Kier alpha value is -2.36. The lowest BCUT2D eigenvalue weighted by atomic mass is 9.67. The van der Waals surface area contributed by atoms with E-state index in [0.29, 0.717) is 18.4 Å². The van der Waals surface area contributed by atoms with E-state index in [2.05, 4.69) is 0 Å². The molecule has 1 saturated carbocycles. The summed E-state index contributed by atoms with van der Waals surface area (Å²) in [5.74, 6) is -1.23. The molecule has 166 valence electrons. The first-order valence-electron chi connectivity index (χ1n) is 9.86. The van der Waals surface area contributed by atoms with Crippen molar-refractivity contribution in [3.63, 3.8) is 0 Å². The number of carbonyl (C=O) groups excluding carboxylic acids is 2. The Labute approximate surface area is 179 Å². The van der Waals surface area contributed by atoms with Gasteiger partial charge in [-0.2, -0.15) is 8.42 Å². The second-order valence-corrected chi connectivity index (χ2v) is 10.4. The summed E-state index contributed by atoms with van der Waals surface area (Å²) in [5.41, 5.74) is -1.75. The number of aliphatic hydroxyl groups is 2. The Balaban J connectivity index is 1.57. The van der Waals surface area contributed by atoms with E-state index in [1.54, 1.807) is 13.0 Å². The fourth-order valence-electron chi connectivity index (χ4n) is 4.83. The van der Waals surface area contributed by atoms with Crippen molar-refractivity contribution in [3.8, 4) is 0 Å². The van der Waals surface area contributed by atoms with Crippen LogP contribution in [0.5, 0.6) is 0 Å². The maximum atomic E-state index is 13.0. The smallest absolute Gasteiger partial charge is 0.338 e. The van der Waals surface area contributed by atoms with Crippen LogP contribution in [0.3, 0.4) is 0 Å². The molecule has 1 spiro atoms. The van der Waals surface area contributed by atoms with Gasteiger partial charge in [-0.25, -0.2) is 4.79 Å². The molecule has 7 nitrogen and oxygen atoms in total. The Bertz CT molecular complexity index is 1160. The summed E-state index contributed by atoms with van der Waals surface area (Å²) in [4.78, 5) is 24.8. The van der Waals surface area contributed by atoms with Gasteiger partial charge in [-0.3, -0.25) is 4.79 Å². The van der Waals surface area contributed by atoms with Gasteiger partial charge in [0.05, 0.1) is 22.0 Å². The summed E-state index contributed by atoms with van der Waals surface area (Å²) in [6.07, 6.45) is 1.79. The third kappa shape index (κ3) is 3.09. The van der Waals surface area contributed by atoms with Crippen LogP contribution < -0.4 is 0 Å². The minimum Gasteiger partial charge on any atom is -0.461 e. The van der Waals surface area contributed by atoms with E-state index < -0.39 is 49.4 Å². The van der Waals surface area contributed by atoms with Gasteiger partial charge in [-0.15, -0.1) is 3.89 Å². The van der Waals surface area contributed by atoms with E-state index in [-0.39, 0.29) is 17.7 Å². The van der Waals surface area contributed by atoms with E-state index in [9.17, 15) is 32.1 Å². The van der Waals surface area contributed by atoms with Crippen LogP contribution in [0.15, 0.2) is 52.0 Å². The second kappa shape index (κ2) is 6.57. The lowest BCUT2D eigenvalue weighted by molar-refractivity contribution is -0.138. The molecule has 2 N–H and O–H groups in total. The van der Waals surface area contributed by atoms with Crippen LogP contribution in [0.4, 0.5) is 3.89 Å². The lowest BCUT2D eigenvalue weighted by Crippen LogP contribution is -2.50. The van der Waals surface area contributed by atoms with Gasteiger partial charge in [0.2, 0.25) is 0 Å². The zero-order valence-electron chi connectivity index (χ0n) is 17.3. The van der Waals surface area contributed by atoms with Gasteiger partial charge in [-0.05, 0) is 63.5 Å². The zero-order valence-corrected chi connectivity index (χ0v) is 18.1. The first-order chi connectivity index (χ1) is 14.2. The Kier molecular flexibility index (Phi) is 4.63. The van der Waals surface area contributed by atoms with Crippen LogP contribution in [0, 0.1) is 10.8 Å². The third-order valence-electron chi connectivity index (χ3n) is 7.04. The van der Waals surface area contributed by atoms with Gasteiger partial charge in [0.1, 0.15) is 12.2 Å². The van der Waals surface area contributed by atoms with Gasteiger partial charge in [0, 0.05) is 11.0 Å². The molecular weight excluding hydrogens is 427 g/mol. The minimum absolute atomic E-state index is 0.0138. The maximum absolute atomic E-state index is 13.0. The number of carbonyl (C=O) groups is 2. The number of hydrogen-bond donors (Lipinski definition) is 2. The van der Waals surface area contributed by atoms with E-state index in [1.807, 2.05) is 6.92 Å². The Morgan fingerprint density at radius 3 is 2.32 bits per heavy atom. The fourth-order valence-corrected chi connectivity index (χ4v) is 5.29. The molecule has 3 atom stereocenters. The quantitative estimate of drug-likeness (QED) is 0.534. The van der Waals surface area contributed by atoms with Crippen LogP contribution in [0.25, 0.3) is 0 Å². The van der Waals surface area contributed by atoms with Crippen LogP contribution in [0.2, 0.25) is 0 Å². The number of halogens is 1. The standard InChI is InChI=1S/C22H23FO7S/c1-12-16-15(17(24)21(3,27)22(12)8-9-22)10-20(2,18(16)25)11-30-19(26)13-4-6-14(7-5-13)31(23,28)29/h4-7,10,18,25,27H,8-9,11H2,1-3H3/t18-,20+,21+/m1/s1. The lowest BCUT2D eigenvalue weighted by Gasteiger charge is -2.39. The molecule has 0 amide bonds. The van der Waals surface area contributed by atoms with Crippen LogP contribution in [0.1, 0.15) is 44.0 Å². The molecule has 3 aliphatic carbocycles. The number of benzene rings is 1. The van der Waals surface area contributed by atoms with Crippen molar-refractivity contribution in [3.05, 3.63) is 52.6 Å². The number of ether oxygens (including phenoxy) is 1. The first kappa shape index (κ1) is 21.9. The molecule has 0 radical (unpaired) electrons. The number of esters is 1. The molecule has 9 heteroatoms. The van der Waals surface area contributed by atoms with Crippen LogP contribution in [-0.2, 0) is 19.8 Å². The number of ketones is 1. The van der Waals surface area contributed by atoms with Gasteiger partial charge in [0.15, 0.2) is 5.78 Å². The highest BCUT2D eigenvalue weighted by Gasteiger charge is 2.66. The molecule has 4 rings (SSSR count).